The average Bonchev–Trinajstić information content (AvgIpc) is 3.19. The molecular formula is C25H25FN4O4. The van der Waals surface area contributed by atoms with Gasteiger partial charge in [-0.2, -0.15) is 10.3 Å². The molecule has 0 spiro atoms. The van der Waals surface area contributed by atoms with Crippen LogP contribution in [0, 0.1) is 17.1 Å². The third kappa shape index (κ3) is 5.59. The lowest BCUT2D eigenvalue weighted by molar-refractivity contribution is -0.143. The first kappa shape index (κ1) is 24.5. The van der Waals surface area contributed by atoms with Gasteiger partial charge in [0.1, 0.15) is 23.5 Å². The van der Waals surface area contributed by atoms with Crippen molar-refractivity contribution in [3.05, 3.63) is 64.6 Å². The maximum atomic E-state index is 14.4. The Balaban J connectivity index is 1.91. The van der Waals surface area contributed by atoms with Gasteiger partial charge in [-0.15, -0.1) is 0 Å². The van der Waals surface area contributed by atoms with Gasteiger partial charge < -0.3 is 20.2 Å². The quantitative estimate of drug-likeness (QED) is 0.294. The number of nitriles is 1. The van der Waals surface area contributed by atoms with Gasteiger partial charge in [0, 0.05) is 29.1 Å². The predicted molar refractivity (Wildman–Crippen MR) is 125 cm³/mol. The number of fused-ring (bicyclic) bond motifs is 1. The molecule has 0 aliphatic heterocycles. The molecule has 1 amide bonds. The number of nitrogens with two attached hydrogens (primary N) is 1. The Bertz CT molecular complexity index is 1300. The minimum atomic E-state index is -0.684. The Morgan fingerprint density at radius 3 is 2.71 bits per heavy atom. The number of amides is 1. The highest BCUT2D eigenvalue weighted by Gasteiger charge is 2.16. The maximum absolute atomic E-state index is 14.4. The summed E-state index contributed by atoms with van der Waals surface area (Å²) in [4.78, 5) is 31.4. The molecule has 0 saturated carbocycles. The van der Waals surface area contributed by atoms with Crippen molar-refractivity contribution in [3.63, 3.8) is 0 Å². The van der Waals surface area contributed by atoms with E-state index in [9.17, 15) is 19.2 Å². The first-order valence-corrected chi connectivity index (χ1v) is 10.8. The van der Waals surface area contributed by atoms with Crippen LogP contribution in [0.3, 0.4) is 0 Å². The number of nitrogens with zero attached hydrogens (tertiary/aromatic N) is 2. The Morgan fingerprint density at radius 1 is 1.26 bits per heavy atom. The highest BCUT2D eigenvalue weighted by Crippen LogP contribution is 2.25. The van der Waals surface area contributed by atoms with E-state index in [2.05, 4.69) is 9.98 Å². The van der Waals surface area contributed by atoms with Crippen LogP contribution in [0.5, 0.6) is 5.75 Å². The highest BCUT2D eigenvalue weighted by atomic mass is 19.1. The van der Waals surface area contributed by atoms with Crippen LogP contribution in [0.25, 0.3) is 10.9 Å². The number of rotatable bonds is 8. The lowest BCUT2D eigenvalue weighted by Crippen LogP contribution is -2.17. The fourth-order valence-corrected chi connectivity index (χ4v) is 3.47. The first-order valence-electron chi connectivity index (χ1n) is 10.8. The van der Waals surface area contributed by atoms with Gasteiger partial charge in [-0.25, -0.2) is 4.39 Å². The van der Waals surface area contributed by atoms with E-state index >= 15 is 0 Å². The number of amidine groups is 1. The molecule has 0 bridgehead atoms. The number of aromatic nitrogens is 1. The summed E-state index contributed by atoms with van der Waals surface area (Å²) in [7, 11) is 0. The molecule has 1 aromatic heterocycles. The second kappa shape index (κ2) is 10.6. The summed E-state index contributed by atoms with van der Waals surface area (Å²) in [5, 5.41) is 9.91. The average molecular weight is 464 g/mol. The number of halogens is 1. The van der Waals surface area contributed by atoms with E-state index in [0.717, 1.165) is 0 Å². The zero-order chi connectivity index (χ0) is 24.8. The molecule has 2 aromatic carbocycles. The molecule has 9 heteroatoms. The molecule has 0 fully saturated rings. The number of H-pyrrole nitrogens is 1. The normalized spacial score (nSPS) is 11.5. The molecule has 0 aliphatic rings. The van der Waals surface area contributed by atoms with Crippen molar-refractivity contribution < 1.29 is 23.5 Å². The summed E-state index contributed by atoms with van der Waals surface area (Å²) in [6.45, 7) is 5.67. The number of hydrogen-bond acceptors (Lipinski definition) is 5. The van der Waals surface area contributed by atoms with Crippen molar-refractivity contribution >= 4 is 28.6 Å². The van der Waals surface area contributed by atoms with Crippen LogP contribution in [-0.4, -0.2) is 35.4 Å². The molecule has 3 N–H and O–H groups in total. The fourth-order valence-electron chi connectivity index (χ4n) is 3.47. The van der Waals surface area contributed by atoms with E-state index in [1.165, 1.54) is 30.3 Å². The van der Waals surface area contributed by atoms with Crippen molar-refractivity contribution in [2.24, 2.45) is 10.7 Å². The van der Waals surface area contributed by atoms with Gasteiger partial charge in [-0.3, -0.25) is 9.59 Å². The summed E-state index contributed by atoms with van der Waals surface area (Å²) in [5.74, 6) is -1.42. The minimum Gasteiger partial charge on any atom is -0.490 e. The monoisotopic (exact) mass is 464 g/mol. The Hall–Kier alpha value is -4.19. The van der Waals surface area contributed by atoms with E-state index in [0.29, 0.717) is 28.6 Å². The second-order valence-corrected chi connectivity index (χ2v) is 7.79. The molecule has 1 heterocycles. The van der Waals surface area contributed by atoms with E-state index in [-0.39, 0.29) is 47.6 Å². The zero-order valence-corrected chi connectivity index (χ0v) is 19.1. The number of ether oxygens (including phenoxy) is 2. The van der Waals surface area contributed by atoms with Crippen LogP contribution < -0.4 is 10.5 Å². The first-order chi connectivity index (χ1) is 16.2. The Kier molecular flexibility index (Phi) is 7.64. The molecule has 3 rings (SSSR count). The van der Waals surface area contributed by atoms with Crippen LogP contribution in [-0.2, 0) is 16.0 Å². The summed E-state index contributed by atoms with van der Waals surface area (Å²) >= 11 is 0. The van der Waals surface area contributed by atoms with Crippen LogP contribution in [0.4, 0.5) is 4.39 Å². The van der Waals surface area contributed by atoms with Crippen molar-refractivity contribution in [2.45, 2.75) is 39.7 Å². The van der Waals surface area contributed by atoms with Gasteiger partial charge in [0.2, 0.25) is 0 Å². The summed E-state index contributed by atoms with van der Waals surface area (Å²) in [5.41, 5.74) is 7.84. The number of aliphatic imine (C=N–C) groups is 1. The smallest absolute Gasteiger partial charge is 0.306 e. The van der Waals surface area contributed by atoms with Crippen molar-refractivity contribution in [1.29, 1.82) is 5.26 Å². The molecule has 8 nitrogen and oxygen atoms in total. The van der Waals surface area contributed by atoms with Crippen molar-refractivity contribution in [2.75, 3.05) is 6.61 Å². The number of carbonyl (C=O) groups excluding carboxylic acids is 2. The zero-order valence-electron chi connectivity index (χ0n) is 19.1. The van der Waals surface area contributed by atoms with E-state index in [1.54, 1.807) is 13.1 Å². The summed E-state index contributed by atoms with van der Waals surface area (Å²) < 4.78 is 24.9. The van der Waals surface area contributed by atoms with Crippen LogP contribution in [0.1, 0.15) is 54.2 Å². The van der Waals surface area contributed by atoms with Crippen molar-refractivity contribution in [3.8, 4) is 11.8 Å². The third-order valence-electron chi connectivity index (χ3n) is 4.95. The molecule has 34 heavy (non-hydrogen) atoms. The molecule has 0 aliphatic carbocycles. The lowest BCUT2D eigenvalue weighted by atomic mass is 10.0. The molecule has 0 radical (unpaired) electrons. The topological polar surface area (TPSA) is 131 Å². The number of aromatic amines is 1. The molecule has 176 valence electrons. The number of carbonyl (C=O) groups is 2. The summed E-state index contributed by atoms with van der Waals surface area (Å²) in [6, 6.07) is 8.90. The number of benzene rings is 2. The molecule has 0 unspecified atom stereocenters. The maximum Gasteiger partial charge on any atom is 0.306 e. The van der Waals surface area contributed by atoms with Crippen LogP contribution in [0.2, 0.25) is 0 Å². The molecular weight excluding hydrogens is 439 g/mol. The third-order valence-corrected chi connectivity index (χ3v) is 4.95. The molecule has 0 atom stereocenters. The molecule has 0 saturated heterocycles. The van der Waals surface area contributed by atoms with Gasteiger partial charge in [0.25, 0.3) is 5.91 Å². The van der Waals surface area contributed by atoms with E-state index in [4.69, 9.17) is 15.2 Å². The Labute approximate surface area is 196 Å². The number of aryl methyl sites for hydroxylation is 1. The van der Waals surface area contributed by atoms with Crippen LogP contribution >= 0.6 is 0 Å². The number of nitrogens with one attached hydrogen (secondary N) is 1. The van der Waals surface area contributed by atoms with Gasteiger partial charge in [-0.05, 0) is 63.1 Å². The molecule has 3 aromatic rings. The van der Waals surface area contributed by atoms with E-state index < -0.39 is 11.7 Å². The largest absolute Gasteiger partial charge is 0.490 e. The SMILES string of the molecule is CCOC(=O)CCc1c[nH]c2c(C(N)=NC(=O)c3ccc(OC(C)C)c(C#N)c3)cc(F)cc12. The van der Waals surface area contributed by atoms with Gasteiger partial charge in [0.05, 0.1) is 23.8 Å². The van der Waals surface area contributed by atoms with Gasteiger partial charge >= 0.3 is 5.97 Å². The van der Waals surface area contributed by atoms with Gasteiger partial charge in [0.15, 0.2) is 0 Å². The lowest BCUT2D eigenvalue weighted by Gasteiger charge is -2.11. The Morgan fingerprint density at radius 2 is 2.03 bits per heavy atom. The fraction of sp³-hybridized carbons (Fsp3) is 0.280. The highest BCUT2D eigenvalue weighted by molar-refractivity contribution is 6.14. The minimum absolute atomic E-state index is 0.138. The van der Waals surface area contributed by atoms with Crippen molar-refractivity contribution in [1.82, 2.24) is 4.98 Å². The second-order valence-electron chi connectivity index (χ2n) is 7.79. The number of esters is 1. The number of hydrogen-bond donors (Lipinski definition) is 2. The summed E-state index contributed by atoms with van der Waals surface area (Å²) in [6.07, 6.45) is 2.01. The predicted octanol–water partition coefficient (Wildman–Crippen LogP) is 4.01. The van der Waals surface area contributed by atoms with Crippen LogP contribution in [0.15, 0.2) is 41.5 Å². The van der Waals surface area contributed by atoms with E-state index in [1.807, 2.05) is 19.9 Å². The standard InChI is InChI=1S/C25H25FN4O4/c1-4-33-22(31)8-6-16-13-29-23-19(16)10-18(26)11-20(23)24(28)30-25(32)15-5-7-21(34-14(2)3)17(9-15)12-27/h5,7,9-11,13-14,29H,4,6,8H2,1-3H3,(H2,28,30,32). The van der Waals surface area contributed by atoms with Gasteiger partial charge in [-0.1, -0.05) is 0 Å².